The van der Waals surface area contributed by atoms with E-state index in [0.29, 0.717) is 71.4 Å². The van der Waals surface area contributed by atoms with Crippen LogP contribution in [0.25, 0.3) is 0 Å². The van der Waals surface area contributed by atoms with Crippen molar-refractivity contribution in [1.82, 2.24) is 20.7 Å². The molecule has 0 spiro atoms. The molecule has 268 valence electrons. The molecule has 0 bridgehead atoms. The number of benzene rings is 4. The Morgan fingerprint density at radius 3 is 1.19 bits per heavy atom. The molecule has 2 amide bonds. The second-order valence-electron chi connectivity index (χ2n) is 11.5. The number of rotatable bonds is 14. The molecule has 0 unspecified atom stereocenters. The number of hydrogen-bond donors (Lipinski definition) is 2. The summed E-state index contributed by atoms with van der Waals surface area (Å²) in [5, 5.41) is 8.05. The molecular weight excluding hydrogens is 668 g/mol. The Labute approximate surface area is 300 Å². The van der Waals surface area contributed by atoms with Crippen LogP contribution in [0, 0.1) is 0 Å². The number of esters is 2. The highest BCUT2D eigenvalue weighted by molar-refractivity contribution is 5.92. The van der Waals surface area contributed by atoms with Gasteiger partial charge in [-0.25, -0.2) is 20.4 Å². The van der Waals surface area contributed by atoms with Gasteiger partial charge in [-0.15, -0.1) is 0 Å². The Bertz CT molecular complexity index is 1730. The first kappa shape index (κ1) is 36.9. The SMILES string of the molecule is COc1ccc(C(=O)Oc2ccc(/C=N\NC(=O)CN3CCN(CC(=O)N/N=C\c4ccc(OC(=O)c5ccc(OC)cc5)cc4)CC3)cc2)cc1. The Morgan fingerprint density at radius 2 is 0.865 bits per heavy atom. The summed E-state index contributed by atoms with van der Waals surface area (Å²) < 4.78 is 21.0. The number of carbonyl (C=O) groups excluding carboxylic acids is 4. The first-order valence-corrected chi connectivity index (χ1v) is 16.3. The maximum atomic E-state index is 12.4. The van der Waals surface area contributed by atoms with Crippen LogP contribution in [0.2, 0.25) is 0 Å². The van der Waals surface area contributed by atoms with E-state index in [1.807, 2.05) is 9.80 Å². The molecule has 1 fully saturated rings. The lowest BCUT2D eigenvalue weighted by Crippen LogP contribution is -2.51. The van der Waals surface area contributed by atoms with Crippen molar-refractivity contribution in [3.8, 4) is 23.0 Å². The Kier molecular flexibility index (Phi) is 13.2. The summed E-state index contributed by atoms with van der Waals surface area (Å²) in [6, 6.07) is 26.7. The minimum absolute atomic E-state index is 0.168. The molecule has 1 aliphatic heterocycles. The van der Waals surface area contributed by atoms with Crippen LogP contribution in [-0.2, 0) is 9.59 Å². The van der Waals surface area contributed by atoms with Gasteiger partial charge in [-0.2, -0.15) is 10.2 Å². The number of hydrazone groups is 2. The van der Waals surface area contributed by atoms with E-state index in [1.165, 1.54) is 12.4 Å². The molecule has 14 heteroatoms. The molecule has 4 aromatic rings. The van der Waals surface area contributed by atoms with Crippen molar-refractivity contribution < 1.29 is 38.1 Å². The van der Waals surface area contributed by atoms with Crippen molar-refractivity contribution in [3.63, 3.8) is 0 Å². The average Bonchev–Trinajstić information content (AvgIpc) is 3.17. The highest BCUT2D eigenvalue weighted by Gasteiger charge is 2.20. The Hall–Kier alpha value is -6.38. The van der Waals surface area contributed by atoms with Gasteiger partial charge in [0, 0.05) is 26.2 Å². The number of nitrogens with zero attached hydrogens (tertiary/aromatic N) is 4. The lowest BCUT2D eigenvalue weighted by atomic mass is 10.2. The predicted octanol–water partition coefficient (Wildman–Crippen LogP) is 3.36. The van der Waals surface area contributed by atoms with Gasteiger partial charge in [-0.1, -0.05) is 0 Å². The average molecular weight is 707 g/mol. The van der Waals surface area contributed by atoms with Crippen LogP contribution >= 0.6 is 0 Å². The minimum atomic E-state index is -0.487. The summed E-state index contributed by atoms with van der Waals surface area (Å²) in [5.74, 6) is 0.550. The van der Waals surface area contributed by atoms with Crippen LogP contribution in [0.15, 0.2) is 107 Å². The third-order valence-electron chi connectivity index (χ3n) is 7.84. The zero-order chi connectivity index (χ0) is 36.7. The molecule has 1 aliphatic rings. The molecule has 1 heterocycles. The maximum absolute atomic E-state index is 12.4. The predicted molar refractivity (Wildman–Crippen MR) is 193 cm³/mol. The Morgan fingerprint density at radius 1 is 0.538 bits per heavy atom. The number of ether oxygens (including phenoxy) is 4. The molecule has 4 aromatic carbocycles. The lowest BCUT2D eigenvalue weighted by Gasteiger charge is -2.33. The van der Waals surface area contributed by atoms with E-state index >= 15 is 0 Å². The second kappa shape index (κ2) is 18.6. The summed E-state index contributed by atoms with van der Waals surface area (Å²) in [7, 11) is 3.10. The van der Waals surface area contributed by atoms with Crippen molar-refractivity contribution in [2.45, 2.75) is 0 Å². The third kappa shape index (κ3) is 11.3. The van der Waals surface area contributed by atoms with Crippen molar-refractivity contribution in [2.75, 3.05) is 53.5 Å². The van der Waals surface area contributed by atoms with Gasteiger partial charge in [0.25, 0.3) is 11.8 Å². The van der Waals surface area contributed by atoms with Gasteiger partial charge in [0.1, 0.15) is 23.0 Å². The quantitative estimate of drug-likeness (QED) is 0.0862. The van der Waals surface area contributed by atoms with Crippen LogP contribution in [-0.4, -0.2) is 99.5 Å². The number of nitrogens with one attached hydrogen (secondary N) is 2. The van der Waals surface area contributed by atoms with Crippen molar-refractivity contribution in [3.05, 3.63) is 119 Å². The van der Waals surface area contributed by atoms with Gasteiger partial charge in [-0.05, 0) is 108 Å². The summed E-state index contributed by atoms with van der Waals surface area (Å²) in [6.45, 7) is 2.78. The van der Waals surface area contributed by atoms with Crippen LogP contribution in [0.4, 0.5) is 0 Å². The number of amides is 2. The van der Waals surface area contributed by atoms with Crippen molar-refractivity contribution in [2.24, 2.45) is 10.2 Å². The van der Waals surface area contributed by atoms with Crippen LogP contribution in [0.3, 0.4) is 0 Å². The molecule has 0 saturated carbocycles. The number of hydrogen-bond acceptors (Lipinski definition) is 12. The smallest absolute Gasteiger partial charge is 0.343 e. The van der Waals surface area contributed by atoms with Crippen LogP contribution in [0.5, 0.6) is 23.0 Å². The fraction of sp³-hybridized carbons (Fsp3) is 0.211. The molecule has 5 rings (SSSR count). The summed E-state index contributed by atoms with van der Waals surface area (Å²) in [6.07, 6.45) is 3.01. The van der Waals surface area contributed by atoms with E-state index in [9.17, 15) is 19.2 Å². The first-order valence-electron chi connectivity index (χ1n) is 16.3. The van der Waals surface area contributed by atoms with E-state index in [1.54, 1.807) is 111 Å². The van der Waals surface area contributed by atoms with Gasteiger partial charge < -0.3 is 18.9 Å². The lowest BCUT2D eigenvalue weighted by molar-refractivity contribution is -0.124. The van der Waals surface area contributed by atoms with Gasteiger partial charge in [0.05, 0.1) is 50.9 Å². The van der Waals surface area contributed by atoms with Crippen molar-refractivity contribution >= 4 is 36.2 Å². The van der Waals surface area contributed by atoms with Gasteiger partial charge in [0.15, 0.2) is 0 Å². The second-order valence-corrected chi connectivity index (χ2v) is 11.5. The summed E-state index contributed by atoms with van der Waals surface area (Å²) in [4.78, 5) is 53.5. The third-order valence-corrected chi connectivity index (χ3v) is 7.84. The number of piperazine rings is 1. The normalized spacial score (nSPS) is 13.4. The molecule has 14 nitrogen and oxygen atoms in total. The molecular formula is C38H38N6O8. The summed E-state index contributed by atoms with van der Waals surface area (Å²) >= 11 is 0. The zero-order valence-electron chi connectivity index (χ0n) is 28.7. The van der Waals surface area contributed by atoms with Gasteiger partial charge in [-0.3, -0.25) is 19.4 Å². The molecule has 52 heavy (non-hydrogen) atoms. The van der Waals surface area contributed by atoms with Crippen LogP contribution in [0.1, 0.15) is 31.8 Å². The molecule has 0 aliphatic carbocycles. The van der Waals surface area contributed by atoms with Gasteiger partial charge >= 0.3 is 11.9 Å². The largest absolute Gasteiger partial charge is 0.497 e. The highest BCUT2D eigenvalue weighted by Crippen LogP contribution is 2.18. The summed E-state index contributed by atoms with van der Waals surface area (Å²) in [5.41, 5.74) is 7.28. The van der Waals surface area contributed by atoms with E-state index in [0.717, 1.165) is 0 Å². The van der Waals surface area contributed by atoms with E-state index in [2.05, 4.69) is 21.1 Å². The highest BCUT2D eigenvalue weighted by atomic mass is 16.5. The molecule has 0 aromatic heterocycles. The number of methoxy groups -OCH3 is 2. The minimum Gasteiger partial charge on any atom is -0.497 e. The fourth-order valence-corrected chi connectivity index (χ4v) is 4.97. The standard InChI is InChI=1S/C38H38N6O8/c1-49-31-15-7-29(8-16-31)37(47)51-33-11-3-27(4-12-33)23-39-41-35(45)25-43-19-21-44(22-20-43)26-36(46)42-40-24-28-5-13-34(14-6-28)52-38(48)30-9-17-32(50-2)18-10-30/h3-18,23-24H,19-22,25-26H2,1-2H3,(H,41,45)(H,42,46)/b39-23-,40-24-. The van der Waals surface area contributed by atoms with E-state index < -0.39 is 11.9 Å². The zero-order valence-corrected chi connectivity index (χ0v) is 28.7. The van der Waals surface area contributed by atoms with Crippen molar-refractivity contribution in [1.29, 1.82) is 0 Å². The Balaban J connectivity index is 0.951. The first-order chi connectivity index (χ1) is 25.3. The van der Waals surface area contributed by atoms with E-state index in [4.69, 9.17) is 18.9 Å². The van der Waals surface area contributed by atoms with Crippen LogP contribution < -0.4 is 29.8 Å². The topological polar surface area (TPSA) is 160 Å². The monoisotopic (exact) mass is 706 g/mol. The van der Waals surface area contributed by atoms with E-state index in [-0.39, 0.29) is 24.9 Å². The number of carbonyl (C=O) groups is 4. The molecule has 0 radical (unpaired) electrons. The molecule has 2 N–H and O–H groups in total. The maximum Gasteiger partial charge on any atom is 0.343 e. The molecule has 1 saturated heterocycles. The fourth-order valence-electron chi connectivity index (χ4n) is 4.97. The van der Waals surface area contributed by atoms with Gasteiger partial charge in [0.2, 0.25) is 0 Å². The molecule has 0 atom stereocenters.